The van der Waals surface area contributed by atoms with Gasteiger partial charge in [-0.05, 0) is 36.2 Å². The van der Waals surface area contributed by atoms with Gasteiger partial charge < -0.3 is 0 Å². The van der Waals surface area contributed by atoms with Crippen molar-refractivity contribution in [3.05, 3.63) is 64.1 Å². The summed E-state index contributed by atoms with van der Waals surface area (Å²) in [6.07, 6.45) is 0. The monoisotopic (exact) mass is 353 g/mol. The van der Waals surface area contributed by atoms with E-state index < -0.39 is 10.0 Å². The van der Waals surface area contributed by atoms with Crippen molar-refractivity contribution in [2.24, 2.45) is 0 Å². The molecule has 0 amide bonds. The first-order valence-corrected chi connectivity index (χ1v) is 8.41. The summed E-state index contributed by atoms with van der Waals surface area (Å²) in [5.74, 6) is 0. The Morgan fingerprint density at radius 3 is 2.25 bits per heavy atom. The lowest BCUT2D eigenvalue weighted by Crippen LogP contribution is -2.27. The summed E-state index contributed by atoms with van der Waals surface area (Å²) in [4.78, 5) is 0.361. The molecule has 0 saturated heterocycles. The molecule has 0 N–H and O–H groups in total. The molecule has 106 valence electrons. The Morgan fingerprint density at radius 1 is 1.05 bits per heavy atom. The van der Waals surface area contributed by atoms with Crippen LogP contribution in [0.5, 0.6) is 0 Å². The average molecular weight is 354 g/mol. The summed E-state index contributed by atoms with van der Waals surface area (Å²) in [5.41, 5.74) is 1.71. The predicted octanol–water partition coefficient (Wildman–Crippen LogP) is 3.58. The molecule has 0 aromatic heterocycles. The van der Waals surface area contributed by atoms with E-state index in [9.17, 15) is 8.42 Å². The second-order valence-corrected chi connectivity index (χ2v) is 7.58. The summed E-state index contributed by atoms with van der Waals surface area (Å²) in [7, 11) is -1.86. The van der Waals surface area contributed by atoms with Crippen molar-refractivity contribution in [2.45, 2.75) is 18.4 Å². The SMILES string of the molecule is Cc1ccccc1S(=O)(=O)N(C)Cc1ccc(Br)cc1. The molecule has 2 aromatic carbocycles. The number of hydrogen-bond donors (Lipinski definition) is 0. The van der Waals surface area contributed by atoms with E-state index in [1.54, 1.807) is 32.2 Å². The van der Waals surface area contributed by atoms with Gasteiger partial charge in [0.1, 0.15) is 0 Å². The fourth-order valence-corrected chi connectivity index (χ4v) is 3.59. The highest BCUT2D eigenvalue weighted by Crippen LogP contribution is 2.20. The topological polar surface area (TPSA) is 37.4 Å². The van der Waals surface area contributed by atoms with E-state index in [1.807, 2.05) is 30.3 Å². The van der Waals surface area contributed by atoms with E-state index in [4.69, 9.17) is 0 Å². The standard InChI is InChI=1S/C15H16BrNO2S/c1-12-5-3-4-6-15(12)20(18,19)17(2)11-13-7-9-14(16)10-8-13/h3-10H,11H2,1-2H3. The van der Waals surface area contributed by atoms with Gasteiger partial charge in [0.2, 0.25) is 10.0 Å². The first-order valence-electron chi connectivity index (χ1n) is 6.17. The maximum atomic E-state index is 12.5. The van der Waals surface area contributed by atoms with E-state index in [-0.39, 0.29) is 0 Å². The van der Waals surface area contributed by atoms with Gasteiger partial charge in [0.25, 0.3) is 0 Å². The van der Waals surface area contributed by atoms with E-state index in [0.29, 0.717) is 11.4 Å². The molecule has 0 saturated carbocycles. The fourth-order valence-electron chi connectivity index (χ4n) is 1.95. The van der Waals surface area contributed by atoms with E-state index >= 15 is 0 Å². The van der Waals surface area contributed by atoms with Crippen molar-refractivity contribution in [3.8, 4) is 0 Å². The minimum absolute atomic E-state index is 0.351. The first-order chi connectivity index (χ1) is 9.41. The number of halogens is 1. The van der Waals surface area contributed by atoms with Gasteiger partial charge in [0.15, 0.2) is 0 Å². The third-order valence-electron chi connectivity index (χ3n) is 3.10. The smallest absolute Gasteiger partial charge is 0.207 e. The molecule has 0 aliphatic rings. The Hall–Kier alpha value is -1.17. The third-order valence-corrected chi connectivity index (χ3v) is 5.59. The fraction of sp³-hybridized carbons (Fsp3) is 0.200. The van der Waals surface area contributed by atoms with Gasteiger partial charge in [-0.15, -0.1) is 0 Å². The predicted molar refractivity (Wildman–Crippen MR) is 84.0 cm³/mol. The molecule has 0 aliphatic heterocycles. The Labute approximate surface area is 128 Å². The second kappa shape index (κ2) is 6.08. The molecular formula is C15H16BrNO2S. The Balaban J connectivity index is 2.26. The van der Waals surface area contributed by atoms with E-state index in [2.05, 4.69) is 15.9 Å². The van der Waals surface area contributed by atoms with Gasteiger partial charge in [0, 0.05) is 18.1 Å². The van der Waals surface area contributed by atoms with Gasteiger partial charge in [-0.3, -0.25) is 0 Å². The lowest BCUT2D eigenvalue weighted by Gasteiger charge is -2.18. The van der Waals surface area contributed by atoms with Gasteiger partial charge >= 0.3 is 0 Å². The molecule has 3 nitrogen and oxygen atoms in total. The summed E-state index contributed by atoms with van der Waals surface area (Å²) >= 11 is 3.37. The van der Waals surface area contributed by atoms with Crippen LogP contribution in [0.1, 0.15) is 11.1 Å². The van der Waals surface area contributed by atoms with Crippen molar-refractivity contribution in [1.29, 1.82) is 0 Å². The zero-order valence-electron chi connectivity index (χ0n) is 11.4. The Kier molecular flexibility index (Phi) is 4.62. The molecule has 0 atom stereocenters. The molecule has 2 rings (SSSR count). The molecule has 0 bridgehead atoms. The summed E-state index contributed by atoms with van der Waals surface area (Å²) in [5, 5.41) is 0. The quantitative estimate of drug-likeness (QED) is 0.842. The third kappa shape index (κ3) is 3.29. The number of rotatable bonds is 4. The molecule has 2 aromatic rings. The zero-order valence-corrected chi connectivity index (χ0v) is 13.8. The Morgan fingerprint density at radius 2 is 1.65 bits per heavy atom. The van der Waals surface area contributed by atoms with Crippen molar-refractivity contribution >= 4 is 26.0 Å². The number of benzene rings is 2. The van der Waals surface area contributed by atoms with Crippen LogP contribution in [0.4, 0.5) is 0 Å². The van der Waals surface area contributed by atoms with Crippen molar-refractivity contribution < 1.29 is 8.42 Å². The summed E-state index contributed by atoms with van der Waals surface area (Å²) in [6, 6.07) is 14.7. The Bertz CT molecular complexity index is 696. The van der Waals surface area contributed by atoms with Crippen LogP contribution in [-0.2, 0) is 16.6 Å². The van der Waals surface area contributed by atoms with Crippen molar-refractivity contribution in [3.63, 3.8) is 0 Å². The largest absolute Gasteiger partial charge is 0.243 e. The molecule has 0 aliphatic carbocycles. The van der Waals surface area contributed by atoms with Crippen LogP contribution in [0.3, 0.4) is 0 Å². The average Bonchev–Trinajstić information content (AvgIpc) is 2.41. The molecule has 5 heteroatoms. The molecule has 0 radical (unpaired) electrons. The first kappa shape index (κ1) is 15.2. The summed E-state index contributed by atoms with van der Waals surface area (Å²) < 4.78 is 27.4. The number of hydrogen-bond acceptors (Lipinski definition) is 2. The maximum absolute atomic E-state index is 12.5. The number of aryl methyl sites for hydroxylation is 1. The van der Waals surface area contributed by atoms with Gasteiger partial charge in [-0.2, -0.15) is 4.31 Å². The minimum atomic E-state index is -3.46. The lowest BCUT2D eigenvalue weighted by atomic mass is 10.2. The van der Waals surface area contributed by atoms with Crippen molar-refractivity contribution in [2.75, 3.05) is 7.05 Å². The molecule has 0 spiro atoms. The second-order valence-electron chi connectivity index (χ2n) is 4.65. The highest BCUT2D eigenvalue weighted by molar-refractivity contribution is 9.10. The van der Waals surface area contributed by atoms with Crippen LogP contribution in [-0.4, -0.2) is 19.8 Å². The molecule has 0 unspecified atom stereocenters. The van der Waals surface area contributed by atoms with Crippen LogP contribution in [0.25, 0.3) is 0 Å². The highest BCUT2D eigenvalue weighted by atomic mass is 79.9. The molecule has 20 heavy (non-hydrogen) atoms. The minimum Gasteiger partial charge on any atom is -0.207 e. The molecular weight excluding hydrogens is 338 g/mol. The molecule has 0 fully saturated rings. The number of nitrogens with zero attached hydrogens (tertiary/aromatic N) is 1. The van der Waals surface area contributed by atoms with Crippen LogP contribution in [0, 0.1) is 6.92 Å². The maximum Gasteiger partial charge on any atom is 0.243 e. The van der Waals surface area contributed by atoms with Gasteiger partial charge in [-0.1, -0.05) is 46.3 Å². The van der Waals surface area contributed by atoms with Gasteiger partial charge in [-0.25, -0.2) is 8.42 Å². The van der Waals surface area contributed by atoms with E-state index in [1.165, 1.54) is 4.31 Å². The summed E-state index contributed by atoms with van der Waals surface area (Å²) in [6.45, 7) is 2.16. The molecule has 0 heterocycles. The van der Waals surface area contributed by atoms with Crippen LogP contribution < -0.4 is 0 Å². The van der Waals surface area contributed by atoms with Crippen molar-refractivity contribution in [1.82, 2.24) is 4.31 Å². The lowest BCUT2D eigenvalue weighted by molar-refractivity contribution is 0.466. The van der Waals surface area contributed by atoms with Gasteiger partial charge in [0.05, 0.1) is 4.90 Å². The van der Waals surface area contributed by atoms with Crippen LogP contribution >= 0.6 is 15.9 Å². The normalized spacial score (nSPS) is 11.8. The zero-order chi connectivity index (χ0) is 14.8. The van der Waals surface area contributed by atoms with Crippen LogP contribution in [0.15, 0.2) is 57.9 Å². The van der Waals surface area contributed by atoms with E-state index in [0.717, 1.165) is 15.6 Å². The number of sulfonamides is 1. The highest BCUT2D eigenvalue weighted by Gasteiger charge is 2.22. The van der Waals surface area contributed by atoms with Crippen LogP contribution in [0.2, 0.25) is 0 Å².